The van der Waals surface area contributed by atoms with Crippen molar-refractivity contribution in [3.63, 3.8) is 0 Å². The van der Waals surface area contributed by atoms with Crippen molar-refractivity contribution in [2.45, 2.75) is 129 Å². The van der Waals surface area contributed by atoms with Gasteiger partial charge in [0.25, 0.3) is 0 Å². The van der Waals surface area contributed by atoms with Gasteiger partial charge in [0.15, 0.2) is 7.60 Å². The average Bonchev–Trinajstić information content (AvgIpc) is 2.66. The van der Waals surface area contributed by atoms with E-state index in [0.717, 1.165) is 20.0 Å². The van der Waals surface area contributed by atoms with E-state index in [-0.39, 0.29) is 36.0 Å². The van der Waals surface area contributed by atoms with Crippen LogP contribution in [0.4, 0.5) is 0 Å². The molecule has 0 amide bonds. The molecule has 0 saturated heterocycles. The van der Waals surface area contributed by atoms with Gasteiger partial charge in [-0.05, 0) is 6.42 Å². The van der Waals surface area contributed by atoms with Crippen molar-refractivity contribution in [2.75, 3.05) is 7.11 Å². The molecule has 0 rings (SSSR count). The van der Waals surface area contributed by atoms with E-state index in [9.17, 15) is 14.3 Å². The largest absolute Gasteiger partial charge is 1.00 e. The molecule has 0 fully saturated rings. The molecule has 28 heavy (non-hydrogen) atoms. The maximum absolute atomic E-state index is 11.4. The van der Waals surface area contributed by atoms with Crippen LogP contribution in [0.2, 0.25) is 0 Å². The molecule has 0 spiro atoms. The predicted molar refractivity (Wildman–Crippen MR) is 113 cm³/mol. The fourth-order valence-corrected chi connectivity index (χ4v) is 4.05. The van der Waals surface area contributed by atoms with Crippen molar-refractivity contribution in [1.29, 1.82) is 0 Å². The summed E-state index contributed by atoms with van der Waals surface area (Å²) in [6.45, 7) is 2.27. The molecule has 1 atom stereocenters. The van der Waals surface area contributed by atoms with Crippen LogP contribution in [0.1, 0.15) is 129 Å². The Kier molecular flexibility index (Phi) is 24.9. The Labute approximate surface area is 196 Å². The quantitative estimate of drug-likeness (QED) is 0.157. The summed E-state index contributed by atoms with van der Waals surface area (Å²) in [5, 5.41) is 0. The van der Waals surface area contributed by atoms with E-state index in [1.165, 1.54) is 96.3 Å². The van der Waals surface area contributed by atoms with Crippen LogP contribution in [0.5, 0.6) is 0 Å². The number of unbranched alkanes of at least 4 members (excludes halogenated alkanes) is 17. The summed E-state index contributed by atoms with van der Waals surface area (Å²) in [5.74, 6) is 0. The topological polar surface area (TPSA) is 66.4 Å². The first-order valence-electron chi connectivity index (χ1n) is 11.4. The average molecular weight is 427 g/mol. The van der Waals surface area contributed by atoms with Gasteiger partial charge in [-0.3, -0.25) is 4.79 Å². The van der Waals surface area contributed by atoms with Crippen LogP contribution >= 0.6 is 7.60 Å². The van der Waals surface area contributed by atoms with Crippen molar-refractivity contribution in [3.8, 4) is 0 Å². The van der Waals surface area contributed by atoms with E-state index in [0.29, 0.717) is 6.42 Å². The fourth-order valence-electron chi connectivity index (χ4n) is 3.42. The van der Waals surface area contributed by atoms with Gasteiger partial charge >= 0.3 is 29.6 Å². The third kappa shape index (κ3) is 20.1. The van der Waals surface area contributed by atoms with Gasteiger partial charge in [-0.2, -0.15) is 0 Å². The zero-order chi connectivity index (χ0) is 20.2. The molecule has 0 heterocycles. The maximum Gasteiger partial charge on any atom is 1.00 e. The van der Waals surface area contributed by atoms with E-state index in [1.54, 1.807) is 0 Å². The molecular weight excluding hydrogens is 382 g/mol. The first-order chi connectivity index (χ1) is 13.0. The summed E-state index contributed by atoms with van der Waals surface area (Å²) in [6, 6.07) is 0. The Morgan fingerprint density at radius 1 is 0.679 bits per heavy atom. The Morgan fingerprint density at radius 2 is 0.964 bits per heavy atom. The second-order valence-electron chi connectivity index (χ2n) is 7.83. The number of carbonyl (C=O) groups is 1. The number of carbonyl (C=O) groups excluding carboxylic acids is 1. The Balaban J connectivity index is 0. The van der Waals surface area contributed by atoms with E-state index in [1.807, 2.05) is 0 Å². The van der Waals surface area contributed by atoms with Gasteiger partial charge in [0.2, 0.25) is 5.52 Å². The van der Waals surface area contributed by atoms with Gasteiger partial charge in [0.05, 0.1) is 0 Å². The van der Waals surface area contributed by atoms with Crippen LogP contribution < -0.4 is 34.5 Å². The molecular formula is C22H44NaO4P. The third-order valence-electron chi connectivity index (χ3n) is 5.29. The first-order valence-corrected chi connectivity index (χ1v) is 13.0. The van der Waals surface area contributed by atoms with Crippen LogP contribution in [0, 0.1) is 0 Å². The van der Waals surface area contributed by atoms with Gasteiger partial charge in [-0.15, -0.1) is 0 Å². The number of rotatable bonds is 21. The summed E-state index contributed by atoms with van der Waals surface area (Å²) in [6.07, 6.45) is 23.2. The molecule has 4 nitrogen and oxygen atoms in total. The Bertz CT molecular complexity index is 391. The van der Waals surface area contributed by atoms with E-state index < -0.39 is 13.1 Å². The predicted octanol–water partition coefficient (Wildman–Crippen LogP) is 4.15. The minimum atomic E-state index is -4.25. The summed E-state index contributed by atoms with van der Waals surface area (Å²) in [4.78, 5) is 22.5. The Hall–Kier alpha value is 0.820. The maximum atomic E-state index is 11.4. The molecule has 0 aromatic rings. The molecule has 0 saturated carbocycles. The second kappa shape index (κ2) is 22.5. The summed E-state index contributed by atoms with van der Waals surface area (Å²) >= 11 is 0. The molecule has 0 aliphatic rings. The standard InChI is InChI=1S/C22H45O4P.Na/c1-3-4-5-6-7-8-9-10-11-12-13-14-15-16-17-18-19-20-21-22(23)27(24,25)26-2;/h3-21H2,1-2H3,(H,24,25);/q;+1/p-1. The molecule has 162 valence electrons. The Morgan fingerprint density at radius 3 is 1.25 bits per heavy atom. The molecule has 0 radical (unpaired) electrons. The van der Waals surface area contributed by atoms with Gasteiger partial charge in [0, 0.05) is 13.5 Å². The van der Waals surface area contributed by atoms with Gasteiger partial charge < -0.3 is 14.0 Å². The molecule has 0 aromatic heterocycles. The van der Waals surface area contributed by atoms with E-state index in [2.05, 4.69) is 11.4 Å². The molecule has 0 aliphatic carbocycles. The van der Waals surface area contributed by atoms with Crippen molar-refractivity contribution in [1.82, 2.24) is 0 Å². The van der Waals surface area contributed by atoms with Crippen molar-refractivity contribution < 1.29 is 48.3 Å². The van der Waals surface area contributed by atoms with Crippen molar-refractivity contribution in [3.05, 3.63) is 0 Å². The van der Waals surface area contributed by atoms with Gasteiger partial charge in [-0.1, -0.05) is 116 Å². The normalized spacial score (nSPS) is 13.1. The monoisotopic (exact) mass is 426 g/mol. The number of hydrogen-bond donors (Lipinski definition) is 0. The molecule has 0 aliphatic heterocycles. The van der Waals surface area contributed by atoms with E-state index >= 15 is 0 Å². The van der Waals surface area contributed by atoms with Crippen LogP contribution in [0.25, 0.3) is 0 Å². The zero-order valence-electron chi connectivity index (χ0n) is 19.0. The zero-order valence-corrected chi connectivity index (χ0v) is 21.9. The van der Waals surface area contributed by atoms with Crippen molar-refractivity contribution in [2.24, 2.45) is 0 Å². The first kappa shape index (κ1) is 31.0. The van der Waals surface area contributed by atoms with Crippen LogP contribution in [-0.4, -0.2) is 12.6 Å². The number of hydrogen-bond acceptors (Lipinski definition) is 4. The van der Waals surface area contributed by atoms with Crippen molar-refractivity contribution >= 4 is 13.1 Å². The van der Waals surface area contributed by atoms with Crippen LogP contribution in [0.3, 0.4) is 0 Å². The van der Waals surface area contributed by atoms with Crippen LogP contribution in [-0.2, 0) is 13.9 Å². The summed E-state index contributed by atoms with van der Waals surface area (Å²) in [5.41, 5.74) is -0.763. The minimum absolute atomic E-state index is 0. The molecule has 0 bridgehead atoms. The smallest absolute Gasteiger partial charge is 0.773 e. The van der Waals surface area contributed by atoms with E-state index in [4.69, 9.17) is 0 Å². The molecule has 6 heteroatoms. The third-order valence-corrected chi connectivity index (χ3v) is 6.61. The van der Waals surface area contributed by atoms with Gasteiger partial charge in [0.1, 0.15) is 0 Å². The molecule has 1 unspecified atom stereocenters. The minimum Gasteiger partial charge on any atom is -0.773 e. The summed E-state index contributed by atoms with van der Waals surface area (Å²) in [7, 11) is -3.20. The SMILES string of the molecule is CCCCCCCCCCCCCCCCCCCCC(=O)P(=O)([O-])OC.[Na+]. The molecule has 0 N–H and O–H groups in total. The van der Waals surface area contributed by atoms with Crippen LogP contribution in [0.15, 0.2) is 0 Å². The second-order valence-corrected chi connectivity index (χ2v) is 9.69. The summed E-state index contributed by atoms with van der Waals surface area (Å²) < 4.78 is 15.4. The molecule has 0 aromatic carbocycles. The fraction of sp³-hybridized carbons (Fsp3) is 0.955. The van der Waals surface area contributed by atoms with Gasteiger partial charge in [-0.25, -0.2) is 0 Å².